The molecule has 2 heterocycles. The largest absolute Gasteiger partial charge is 0.508 e. The Hall–Kier alpha value is -3.98. The number of phenolic OH excluding ortho intramolecular Hbond substituents is 1. The first kappa shape index (κ1) is 24.2. The average molecular weight is 492 g/mol. The summed E-state index contributed by atoms with van der Waals surface area (Å²) in [5, 5.41) is 11.8. The lowest BCUT2D eigenvalue weighted by Gasteiger charge is -2.12. The fourth-order valence-electron chi connectivity index (χ4n) is 3.86. The number of carbonyl (C=O) groups excluding carboxylic acids is 3. The molecule has 1 aromatic heterocycles. The van der Waals surface area contributed by atoms with Crippen LogP contribution in [0.25, 0.3) is 11.8 Å². The van der Waals surface area contributed by atoms with Gasteiger partial charge in [-0.15, -0.1) is 0 Å². The molecule has 2 aromatic carbocycles. The maximum atomic E-state index is 12.9. The number of nitrogens with one attached hydrogen (secondary N) is 1. The van der Waals surface area contributed by atoms with Gasteiger partial charge in [0.15, 0.2) is 0 Å². The molecule has 0 unspecified atom stereocenters. The fourth-order valence-corrected chi connectivity index (χ4v) is 4.68. The number of thioether (sulfide) groups is 1. The lowest BCUT2D eigenvalue weighted by molar-refractivity contribution is -0.127. The number of ether oxygens (including phenoxy) is 1. The molecule has 0 atom stereocenters. The highest BCUT2D eigenvalue weighted by Crippen LogP contribution is 2.34. The quantitative estimate of drug-likeness (QED) is 0.457. The molecule has 0 saturated carbocycles. The molecule has 1 fully saturated rings. The summed E-state index contributed by atoms with van der Waals surface area (Å²) in [7, 11) is 0. The molecule has 1 aliphatic heterocycles. The van der Waals surface area contributed by atoms with Crippen LogP contribution in [0.15, 0.2) is 59.5 Å². The Balaban J connectivity index is 1.47. The molecule has 35 heavy (non-hydrogen) atoms. The van der Waals surface area contributed by atoms with Crippen LogP contribution >= 0.6 is 11.8 Å². The molecule has 8 nitrogen and oxygen atoms in total. The molecule has 1 aliphatic rings. The van der Waals surface area contributed by atoms with Gasteiger partial charge in [-0.1, -0.05) is 0 Å². The van der Waals surface area contributed by atoms with E-state index in [1.807, 2.05) is 31.4 Å². The second-order valence-electron chi connectivity index (χ2n) is 7.95. The minimum atomic E-state index is -0.503. The molecule has 0 radical (unpaired) electrons. The van der Waals surface area contributed by atoms with Crippen molar-refractivity contribution in [1.29, 1.82) is 0 Å². The molecule has 0 spiro atoms. The van der Waals surface area contributed by atoms with Crippen LogP contribution in [0, 0.1) is 13.8 Å². The van der Waals surface area contributed by atoms with Crippen LogP contribution in [0.3, 0.4) is 0 Å². The van der Waals surface area contributed by atoms with Crippen LogP contribution in [0.4, 0.5) is 10.5 Å². The Bertz CT molecular complexity index is 1310. The smallest absolute Gasteiger partial charge is 0.294 e. The third kappa shape index (κ3) is 5.25. The number of amides is 3. The van der Waals surface area contributed by atoms with E-state index in [4.69, 9.17) is 4.74 Å². The highest BCUT2D eigenvalue weighted by Gasteiger charge is 2.36. The number of aromatic nitrogens is 1. The van der Waals surface area contributed by atoms with Gasteiger partial charge < -0.3 is 19.7 Å². The summed E-state index contributed by atoms with van der Waals surface area (Å²) in [6.45, 7) is 5.91. The van der Waals surface area contributed by atoms with Crippen molar-refractivity contribution >= 4 is 40.6 Å². The van der Waals surface area contributed by atoms with Gasteiger partial charge in [0, 0.05) is 22.8 Å². The van der Waals surface area contributed by atoms with Crippen LogP contribution in [-0.2, 0) is 9.59 Å². The maximum Gasteiger partial charge on any atom is 0.294 e. The van der Waals surface area contributed by atoms with Crippen molar-refractivity contribution in [3.05, 3.63) is 76.5 Å². The summed E-state index contributed by atoms with van der Waals surface area (Å²) in [6, 6.07) is 15.6. The van der Waals surface area contributed by atoms with Gasteiger partial charge in [-0.3, -0.25) is 19.3 Å². The molecule has 1 saturated heterocycles. The van der Waals surface area contributed by atoms with Crippen LogP contribution in [-0.4, -0.2) is 44.8 Å². The molecule has 3 amide bonds. The number of carbonyl (C=O) groups is 3. The van der Waals surface area contributed by atoms with Gasteiger partial charge in [0.05, 0.1) is 11.5 Å². The van der Waals surface area contributed by atoms with Gasteiger partial charge in [0.1, 0.15) is 18.0 Å². The summed E-state index contributed by atoms with van der Waals surface area (Å²) in [6.07, 6.45) is 1.68. The maximum absolute atomic E-state index is 12.9. The van der Waals surface area contributed by atoms with Gasteiger partial charge in [-0.2, -0.15) is 0 Å². The number of imide groups is 1. The number of aryl methyl sites for hydroxylation is 1. The first-order valence-corrected chi connectivity index (χ1v) is 11.8. The lowest BCUT2D eigenvalue weighted by atomic mass is 10.2. The van der Waals surface area contributed by atoms with Crippen LogP contribution < -0.4 is 10.1 Å². The molecular weight excluding hydrogens is 466 g/mol. The summed E-state index contributed by atoms with van der Waals surface area (Å²) in [5.74, 6) is -0.109. The molecule has 0 bridgehead atoms. The van der Waals surface area contributed by atoms with E-state index in [-0.39, 0.29) is 17.2 Å². The van der Waals surface area contributed by atoms with Crippen molar-refractivity contribution in [2.24, 2.45) is 0 Å². The molecule has 180 valence electrons. The van der Waals surface area contributed by atoms with Crippen LogP contribution in [0.5, 0.6) is 11.5 Å². The predicted octanol–water partition coefficient (Wildman–Crippen LogP) is 4.87. The van der Waals surface area contributed by atoms with E-state index in [1.54, 1.807) is 54.6 Å². The van der Waals surface area contributed by atoms with E-state index < -0.39 is 17.1 Å². The van der Waals surface area contributed by atoms with Crippen molar-refractivity contribution in [2.45, 2.75) is 20.8 Å². The molecule has 9 heteroatoms. The highest BCUT2D eigenvalue weighted by atomic mass is 32.2. The van der Waals surface area contributed by atoms with Crippen LogP contribution in [0.1, 0.15) is 23.9 Å². The fraction of sp³-hybridized carbons (Fsp3) is 0.192. The Labute approximate surface area is 207 Å². The molecular formula is C26H25N3O5S. The Morgan fingerprint density at radius 3 is 2.43 bits per heavy atom. The number of aromatic hydroxyl groups is 1. The van der Waals surface area contributed by atoms with Crippen molar-refractivity contribution in [2.75, 3.05) is 18.5 Å². The number of nitrogens with zero attached hydrogens (tertiary/aromatic N) is 2. The average Bonchev–Trinajstić information content (AvgIpc) is 3.25. The first-order chi connectivity index (χ1) is 16.8. The Kier molecular flexibility index (Phi) is 6.97. The second kappa shape index (κ2) is 10.1. The topological polar surface area (TPSA) is 101 Å². The molecule has 4 rings (SSSR count). The van der Waals surface area contributed by atoms with E-state index >= 15 is 0 Å². The number of hydrogen-bond donors (Lipinski definition) is 2. The number of benzene rings is 2. The minimum Gasteiger partial charge on any atom is -0.508 e. The van der Waals surface area contributed by atoms with E-state index in [0.717, 1.165) is 39.3 Å². The van der Waals surface area contributed by atoms with E-state index in [9.17, 15) is 19.5 Å². The molecule has 2 N–H and O–H groups in total. The third-order valence-electron chi connectivity index (χ3n) is 5.49. The van der Waals surface area contributed by atoms with Crippen molar-refractivity contribution in [3.8, 4) is 17.2 Å². The van der Waals surface area contributed by atoms with Gasteiger partial charge in [-0.25, -0.2) is 0 Å². The van der Waals surface area contributed by atoms with Crippen molar-refractivity contribution in [3.63, 3.8) is 0 Å². The first-order valence-electron chi connectivity index (χ1n) is 11.0. The Morgan fingerprint density at radius 1 is 1.09 bits per heavy atom. The monoisotopic (exact) mass is 491 g/mol. The standard InChI is InChI=1S/C26H25N3O5S/c1-4-34-22-11-5-19(6-12-22)27-24(31)15-28-25(32)23(35-26(28)33)14-18-13-16(2)29(17(18)3)20-7-9-21(30)10-8-20/h5-14,30H,4,15H2,1-3H3,(H,27,31). The number of hydrogen-bond acceptors (Lipinski definition) is 6. The zero-order valence-electron chi connectivity index (χ0n) is 19.6. The van der Waals surface area contributed by atoms with Crippen LogP contribution in [0.2, 0.25) is 0 Å². The summed E-state index contributed by atoms with van der Waals surface area (Å²) in [4.78, 5) is 39.1. The number of anilines is 1. The second-order valence-corrected chi connectivity index (χ2v) is 8.94. The zero-order chi connectivity index (χ0) is 25.1. The zero-order valence-corrected chi connectivity index (χ0v) is 20.4. The van der Waals surface area contributed by atoms with Gasteiger partial charge in [0.2, 0.25) is 5.91 Å². The molecule has 0 aliphatic carbocycles. The van der Waals surface area contributed by atoms with Crippen molar-refractivity contribution < 1.29 is 24.2 Å². The van der Waals surface area contributed by atoms with Gasteiger partial charge >= 0.3 is 0 Å². The van der Waals surface area contributed by atoms with E-state index in [0.29, 0.717) is 18.0 Å². The molecule has 3 aromatic rings. The summed E-state index contributed by atoms with van der Waals surface area (Å²) in [5.41, 5.74) is 4.03. The Morgan fingerprint density at radius 2 is 1.77 bits per heavy atom. The highest BCUT2D eigenvalue weighted by molar-refractivity contribution is 8.18. The number of rotatable bonds is 7. The predicted molar refractivity (Wildman–Crippen MR) is 136 cm³/mol. The normalized spacial score (nSPS) is 14.6. The van der Waals surface area contributed by atoms with E-state index in [2.05, 4.69) is 5.32 Å². The van der Waals surface area contributed by atoms with Gasteiger partial charge in [-0.05, 0) is 98.8 Å². The summed E-state index contributed by atoms with van der Waals surface area (Å²) < 4.78 is 7.38. The third-order valence-corrected chi connectivity index (χ3v) is 6.40. The van der Waals surface area contributed by atoms with Gasteiger partial charge in [0.25, 0.3) is 11.1 Å². The SMILES string of the molecule is CCOc1ccc(NC(=O)CN2C(=O)SC(=Cc3cc(C)n(-c4ccc(O)cc4)c3C)C2=O)cc1. The summed E-state index contributed by atoms with van der Waals surface area (Å²) >= 11 is 0.814. The van der Waals surface area contributed by atoms with Crippen molar-refractivity contribution in [1.82, 2.24) is 9.47 Å². The van der Waals surface area contributed by atoms with E-state index in [1.165, 1.54) is 0 Å². The lowest BCUT2D eigenvalue weighted by Crippen LogP contribution is -2.36. The minimum absolute atomic E-state index is 0.177. The number of phenols is 1.